The molecule has 122 valence electrons. The smallest absolute Gasteiger partial charge is 0.319 e. The number of hydrogen-bond donors (Lipinski definition) is 2. The molecule has 0 fully saturated rings. The predicted octanol–water partition coefficient (Wildman–Crippen LogP) is 3.11. The molecule has 2 aromatic rings. The summed E-state index contributed by atoms with van der Waals surface area (Å²) in [5.74, 6) is 1.55. The van der Waals surface area contributed by atoms with E-state index >= 15 is 0 Å². The van der Waals surface area contributed by atoms with Crippen molar-refractivity contribution in [3.8, 4) is 5.75 Å². The molecule has 0 saturated carbocycles. The van der Waals surface area contributed by atoms with E-state index in [0.717, 1.165) is 36.4 Å². The van der Waals surface area contributed by atoms with Crippen molar-refractivity contribution in [1.82, 2.24) is 5.32 Å². The minimum Gasteiger partial charge on any atom is -0.493 e. The highest BCUT2D eigenvalue weighted by molar-refractivity contribution is 5.89. The summed E-state index contributed by atoms with van der Waals surface area (Å²) in [7, 11) is 1.58. The van der Waals surface area contributed by atoms with Crippen molar-refractivity contribution in [1.29, 1.82) is 0 Å². The average Bonchev–Trinajstić information content (AvgIpc) is 3.09. The number of carbonyl (C=O) groups excluding carboxylic acids is 1. The number of methoxy groups -OCH3 is 1. The fourth-order valence-electron chi connectivity index (χ4n) is 2.61. The number of rotatable bonds is 5. The molecule has 0 aliphatic carbocycles. The lowest BCUT2D eigenvalue weighted by molar-refractivity contribution is 0.159. The zero-order valence-corrected chi connectivity index (χ0v) is 13.0. The Bertz CT molecular complexity index is 655. The molecule has 1 aromatic carbocycles. The number of amides is 2. The molecular weight excluding hydrogens is 296 g/mol. The van der Waals surface area contributed by atoms with Crippen LogP contribution < -0.4 is 15.4 Å². The zero-order chi connectivity index (χ0) is 16.1. The monoisotopic (exact) mass is 316 g/mol. The van der Waals surface area contributed by atoms with Crippen molar-refractivity contribution >= 4 is 11.7 Å². The third kappa shape index (κ3) is 3.84. The number of carbonyl (C=O) groups is 1. The standard InChI is InChI=1S/C17H20N2O4/c1-21-11-14(16-5-3-9-23-16)19-17(20)18-13-6-7-15-12(10-13)4-2-8-22-15/h3,5-7,9-10,14H,2,4,8,11H2,1H3,(H2,18,19,20)/t14-/m0/s1. The molecule has 1 aliphatic heterocycles. The molecule has 1 aromatic heterocycles. The zero-order valence-electron chi connectivity index (χ0n) is 13.0. The lowest BCUT2D eigenvalue weighted by Gasteiger charge is -2.19. The number of urea groups is 1. The Hall–Kier alpha value is -2.47. The molecule has 1 atom stereocenters. The SMILES string of the molecule is COC[C@H](NC(=O)Nc1ccc2c(c1)CCCO2)c1ccco1. The van der Waals surface area contributed by atoms with E-state index in [0.29, 0.717) is 12.4 Å². The number of hydrogen-bond acceptors (Lipinski definition) is 4. The van der Waals surface area contributed by atoms with Gasteiger partial charge in [-0.05, 0) is 48.7 Å². The first-order valence-corrected chi connectivity index (χ1v) is 7.62. The molecule has 1 aliphatic rings. The van der Waals surface area contributed by atoms with Crippen molar-refractivity contribution < 1.29 is 18.7 Å². The van der Waals surface area contributed by atoms with Crippen molar-refractivity contribution in [3.63, 3.8) is 0 Å². The van der Waals surface area contributed by atoms with Gasteiger partial charge in [-0.15, -0.1) is 0 Å². The molecule has 6 heteroatoms. The summed E-state index contributed by atoms with van der Waals surface area (Å²) in [4.78, 5) is 12.2. The fourth-order valence-corrected chi connectivity index (χ4v) is 2.61. The molecule has 6 nitrogen and oxygen atoms in total. The first-order chi connectivity index (χ1) is 11.3. The molecule has 2 amide bonds. The highest BCUT2D eigenvalue weighted by atomic mass is 16.5. The largest absolute Gasteiger partial charge is 0.493 e. The van der Waals surface area contributed by atoms with Crippen molar-refractivity contribution in [2.45, 2.75) is 18.9 Å². The van der Waals surface area contributed by atoms with Gasteiger partial charge in [-0.1, -0.05) is 0 Å². The van der Waals surface area contributed by atoms with Gasteiger partial charge in [0, 0.05) is 12.8 Å². The number of nitrogens with one attached hydrogen (secondary N) is 2. The fraction of sp³-hybridized carbons (Fsp3) is 0.353. The summed E-state index contributed by atoms with van der Waals surface area (Å²) < 4.78 is 16.0. The summed E-state index contributed by atoms with van der Waals surface area (Å²) in [5, 5.41) is 5.69. The van der Waals surface area contributed by atoms with Crippen LogP contribution in [0, 0.1) is 0 Å². The van der Waals surface area contributed by atoms with E-state index in [9.17, 15) is 4.79 Å². The number of furan rings is 1. The molecule has 0 unspecified atom stereocenters. The Morgan fingerprint density at radius 2 is 2.30 bits per heavy atom. The summed E-state index contributed by atoms with van der Waals surface area (Å²) in [6.07, 6.45) is 3.53. The maximum absolute atomic E-state index is 12.2. The highest BCUT2D eigenvalue weighted by Gasteiger charge is 2.18. The number of benzene rings is 1. The molecule has 23 heavy (non-hydrogen) atoms. The minimum absolute atomic E-state index is 0.305. The van der Waals surface area contributed by atoms with Crippen LogP contribution in [0.4, 0.5) is 10.5 Å². The molecule has 2 N–H and O–H groups in total. The Morgan fingerprint density at radius 3 is 3.09 bits per heavy atom. The van der Waals surface area contributed by atoms with Crippen molar-refractivity contribution in [2.24, 2.45) is 0 Å². The summed E-state index contributed by atoms with van der Waals surface area (Å²) in [6.45, 7) is 1.08. The van der Waals surface area contributed by atoms with Gasteiger partial charge in [-0.25, -0.2) is 4.79 Å². The van der Waals surface area contributed by atoms with Crippen LogP contribution >= 0.6 is 0 Å². The third-order valence-electron chi connectivity index (χ3n) is 3.69. The van der Waals surface area contributed by atoms with Gasteiger partial charge < -0.3 is 24.5 Å². The first-order valence-electron chi connectivity index (χ1n) is 7.62. The van der Waals surface area contributed by atoms with Crippen LogP contribution in [0.2, 0.25) is 0 Å². The molecule has 2 heterocycles. The van der Waals surface area contributed by atoms with Crippen LogP contribution in [0.3, 0.4) is 0 Å². The third-order valence-corrected chi connectivity index (χ3v) is 3.69. The van der Waals surface area contributed by atoms with E-state index in [1.807, 2.05) is 18.2 Å². The number of anilines is 1. The predicted molar refractivity (Wildman–Crippen MR) is 85.7 cm³/mol. The van der Waals surface area contributed by atoms with E-state index < -0.39 is 0 Å². The normalized spacial score (nSPS) is 14.5. The van der Waals surface area contributed by atoms with Gasteiger partial charge in [-0.3, -0.25) is 0 Å². The van der Waals surface area contributed by atoms with Gasteiger partial charge >= 0.3 is 6.03 Å². The van der Waals surface area contributed by atoms with Crippen molar-refractivity contribution in [2.75, 3.05) is 25.6 Å². The lowest BCUT2D eigenvalue weighted by Crippen LogP contribution is -2.34. The van der Waals surface area contributed by atoms with Crippen LogP contribution in [0.1, 0.15) is 23.8 Å². The van der Waals surface area contributed by atoms with E-state index in [2.05, 4.69) is 10.6 Å². The maximum atomic E-state index is 12.2. The Kier molecular flexibility index (Phi) is 4.83. The number of ether oxygens (including phenoxy) is 2. The van der Waals surface area contributed by atoms with Gasteiger partial charge in [0.1, 0.15) is 17.6 Å². The van der Waals surface area contributed by atoms with E-state index in [1.165, 1.54) is 0 Å². The van der Waals surface area contributed by atoms with Gasteiger partial charge in [-0.2, -0.15) is 0 Å². The summed E-state index contributed by atoms with van der Waals surface area (Å²) in [5.41, 5.74) is 1.86. The van der Waals surface area contributed by atoms with Crippen LogP contribution in [-0.2, 0) is 11.2 Å². The molecule has 0 radical (unpaired) electrons. The maximum Gasteiger partial charge on any atom is 0.319 e. The van der Waals surface area contributed by atoms with E-state index in [1.54, 1.807) is 25.5 Å². The molecule has 0 saturated heterocycles. The second kappa shape index (κ2) is 7.19. The molecule has 0 bridgehead atoms. The molecule has 3 rings (SSSR count). The van der Waals surface area contributed by atoms with E-state index in [-0.39, 0.29) is 12.1 Å². The topological polar surface area (TPSA) is 72.7 Å². The van der Waals surface area contributed by atoms with Gasteiger partial charge in [0.25, 0.3) is 0 Å². The van der Waals surface area contributed by atoms with E-state index in [4.69, 9.17) is 13.9 Å². The Morgan fingerprint density at radius 1 is 1.39 bits per heavy atom. The second-order valence-electron chi connectivity index (χ2n) is 5.40. The Labute approximate surface area is 134 Å². The van der Waals surface area contributed by atoms with Crippen LogP contribution in [0.15, 0.2) is 41.0 Å². The number of aryl methyl sites for hydroxylation is 1. The first kappa shape index (κ1) is 15.4. The van der Waals surface area contributed by atoms with Gasteiger partial charge in [0.05, 0.1) is 19.5 Å². The van der Waals surface area contributed by atoms with Crippen LogP contribution in [-0.4, -0.2) is 26.4 Å². The average molecular weight is 316 g/mol. The second-order valence-corrected chi connectivity index (χ2v) is 5.40. The molecule has 0 spiro atoms. The Balaban J connectivity index is 1.64. The number of fused-ring (bicyclic) bond motifs is 1. The quantitative estimate of drug-likeness (QED) is 0.889. The van der Waals surface area contributed by atoms with Crippen LogP contribution in [0.5, 0.6) is 5.75 Å². The highest BCUT2D eigenvalue weighted by Crippen LogP contribution is 2.27. The lowest BCUT2D eigenvalue weighted by atomic mass is 10.1. The minimum atomic E-state index is -0.337. The summed E-state index contributed by atoms with van der Waals surface area (Å²) >= 11 is 0. The van der Waals surface area contributed by atoms with Gasteiger partial charge in [0.15, 0.2) is 0 Å². The molecular formula is C17H20N2O4. The van der Waals surface area contributed by atoms with Crippen LogP contribution in [0.25, 0.3) is 0 Å². The van der Waals surface area contributed by atoms with Gasteiger partial charge in [0.2, 0.25) is 0 Å². The summed E-state index contributed by atoms with van der Waals surface area (Å²) in [6, 6.07) is 8.62. The van der Waals surface area contributed by atoms with Crippen molar-refractivity contribution in [3.05, 3.63) is 47.9 Å².